The molecule has 1 N–H and O–H groups in total. The number of hydrogen-bond donors (Lipinski definition) is 1. The Bertz CT molecular complexity index is 598. The van der Waals surface area contributed by atoms with Crippen molar-refractivity contribution in [3.05, 3.63) is 35.5 Å². The van der Waals surface area contributed by atoms with Crippen LogP contribution in [0.3, 0.4) is 0 Å². The van der Waals surface area contributed by atoms with E-state index in [9.17, 15) is 0 Å². The first-order valence-electron chi connectivity index (χ1n) is 7.03. The van der Waals surface area contributed by atoms with E-state index in [0.29, 0.717) is 5.92 Å². The lowest BCUT2D eigenvalue weighted by atomic mass is 9.74. The van der Waals surface area contributed by atoms with Crippen molar-refractivity contribution < 1.29 is 0 Å². The van der Waals surface area contributed by atoms with Gasteiger partial charge in [-0.3, -0.25) is 0 Å². The smallest absolute Gasteiger partial charge is 0.0459 e. The summed E-state index contributed by atoms with van der Waals surface area (Å²) in [6, 6.07) is 8.81. The highest BCUT2D eigenvalue weighted by Gasteiger charge is 2.40. The van der Waals surface area contributed by atoms with E-state index in [1.807, 2.05) is 0 Å². The van der Waals surface area contributed by atoms with E-state index < -0.39 is 0 Å². The summed E-state index contributed by atoms with van der Waals surface area (Å²) in [4.78, 5) is 6.17. The molecule has 0 unspecified atom stereocenters. The summed E-state index contributed by atoms with van der Waals surface area (Å²) >= 11 is 0. The molecule has 2 aliphatic rings. The van der Waals surface area contributed by atoms with E-state index in [1.165, 1.54) is 36.1 Å². The van der Waals surface area contributed by atoms with Crippen LogP contribution in [0, 0.1) is 5.92 Å². The van der Waals surface area contributed by atoms with Crippen LogP contribution < -0.4 is 0 Å². The van der Waals surface area contributed by atoms with Gasteiger partial charge in [-0.1, -0.05) is 25.1 Å². The van der Waals surface area contributed by atoms with E-state index in [-0.39, 0.29) is 0 Å². The van der Waals surface area contributed by atoms with Crippen LogP contribution in [0.15, 0.2) is 24.3 Å². The zero-order valence-corrected chi connectivity index (χ0v) is 11.1. The summed E-state index contributed by atoms with van der Waals surface area (Å²) in [6.07, 6.45) is 1.34. The molecule has 0 amide bonds. The van der Waals surface area contributed by atoms with Crippen LogP contribution in [0.5, 0.6) is 0 Å². The second kappa shape index (κ2) is 3.61. The van der Waals surface area contributed by atoms with Crippen LogP contribution in [0.25, 0.3) is 10.9 Å². The van der Waals surface area contributed by atoms with Crippen molar-refractivity contribution in [2.24, 2.45) is 5.92 Å². The van der Waals surface area contributed by atoms with Crippen molar-refractivity contribution in [1.29, 1.82) is 0 Å². The molecule has 1 saturated heterocycles. The van der Waals surface area contributed by atoms with Crippen molar-refractivity contribution in [2.45, 2.75) is 25.2 Å². The van der Waals surface area contributed by atoms with Crippen molar-refractivity contribution in [3.63, 3.8) is 0 Å². The number of nitrogens with one attached hydrogen (secondary N) is 1. The summed E-state index contributed by atoms with van der Waals surface area (Å²) in [5.41, 5.74) is 4.45. The number of likely N-dealkylation sites (N-methyl/N-ethyl adjacent to an activating group) is 1. The zero-order valence-electron chi connectivity index (χ0n) is 11.1. The number of fused-ring (bicyclic) bond motifs is 5. The largest absolute Gasteiger partial charge is 0.358 e. The maximum absolute atomic E-state index is 3.67. The maximum Gasteiger partial charge on any atom is 0.0459 e. The highest BCUT2D eigenvalue weighted by molar-refractivity contribution is 5.86. The second-order valence-electron chi connectivity index (χ2n) is 6.22. The normalized spacial score (nSPS) is 31.6. The van der Waals surface area contributed by atoms with Crippen molar-refractivity contribution >= 4 is 10.9 Å². The number of rotatable bonds is 0. The van der Waals surface area contributed by atoms with E-state index in [1.54, 1.807) is 5.56 Å². The minimum Gasteiger partial charge on any atom is -0.358 e. The molecule has 2 aromatic rings. The summed E-state index contributed by atoms with van der Waals surface area (Å²) in [5.74, 6) is 2.29. The fourth-order valence-electron chi connectivity index (χ4n) is 4.20. The molecule has 2 nitrogen and oxygen atoms in total. The van der Waals surface area contributed by atoms with Gasteiger partial charge in [-0.05, 0) is 36.9 Å². The molecule has 2 heterocycles. The number of aromatic nitrogens is 1. The van der Waals surface area contributed by atoms with Gasteiger partial charge in [-0.25, -0.2) is 0 Å². The van der Waals surface area contributed by atoms with Crippen LogP contribution in [0.2, 0.25) is 0 Å². The Labute approximate surface area is 108 Å². The second-order valence-corrected chi connectivity index (χ2v) is 6.22. The molecule has 0 saturated carbocycles. The number of likely N-dealkylation sites (tertiary alicyclic amines) is 1. The van der Waals surface area contributed by atoms with E-state index >= 15 is 0 Å². The van der Waals surface area contributed by atoms with Crippen LogP contribution in [-0.4, -0.2) is 30.0 Å². The average Bonchev–Trinajstić information content (AvgIpc) is 2.89. The molecule has 94 valence electrons. The molecule has 1 aromatic carbocycles. The number of hydrogen-bond acceptors (Lipinski definition) is 1. The third-order valence-electron chi connectivity index (χ3n) is 4.92. The number of H-pyrrole nitrogens is 1. The highest BCUT2D eigenvalue weighted by atomic mass is 15.1. The summed E-state index contributed by atoms with van der Waals surface area (Å²) in [5, 5.41) is 1.46. The fourth-order valence-corrected chi connectivity index (χ4v) is 4.20. The molecule has 3 atom stereocenters. The molecule has 0 bridgehead atoms. The van der Waals surface area contributed by atoms with Gasteiger partial charge in [0.2, 0.25) is 0 Å². The molecular weight excluding hydrogens is 220 g/mol. The molecule has 2 heteroatoms. The van der Waals surface area contributed by atoms with Crippen LogP contribution in [0.4, 0.5) is 0 Å². The molecule has 1 fully saturated rings. The van der Waals surface area contributed by atoms with Gasteiger partial charge in [0.05, 0.1) is 0 Å². The quantitative estimate of drug-likeness (QED) is 0.748. The highest BCUT2D eigenvalue weighted by Crippen LogP contribution is 2.48. The zero-order chi connectivity index (χ0) is 12.3. The Morgan fingerprint density at radius 3 is 2.94 bits per heavy atom. The van der Waals surface area contributed by atoms with Gasteiger partial charge in [-0.15, -0.1) is 0 Å². The predicted molar refractivity (Wildman–Crippen MR) is 75.1 cm³/mol. The van der Waals surface area contributed by atoms with Gasteiger partial charge in [0.15, 0.2) is 0 Å². The predicted octanol–water partition coefficient (Wildman–Crippen LogP) is 3.32. The molecular formula is C16H20N2. The Morgan fingerprint density at radius 2 is 2.06 bits per heavy atom. The summed E-state index contributed by atoms with van der Waals surface area (Å²) in [6.45, 7) is 4.88. The maximum atomic E-state index is 3.67. The minimum atomic E-state index is 0.681. The molecule has 0 spiro atoms. The first kappa shape index (κ1) is 10.6. The minimum absolute atomic E-state index is 0.681. The lowest BCUT2D eigenvalue weighted by molar-refractivity contribution is 0.371. The van der Waals surface area contributed by atoms with Gasteiger partial charge < -0.3 is 9.88 Å². The number of aromatic amines is 1. The Balaban J connectivity index is 1.96. The molecule has 1 aliphatic heterocycles. The standard InChI is InChI=1S/C16H20N2/c1-10-7-11-8-18(2)9-13(11)15-12-5-3-4-6-14(12)17-16(10)15/h3-6,10-11,13,17H,7-9H2,1-2H3/t10-,11+,13-/m1/s1. The monoisotopic (exact) mass is 240 g/mol. The van der Waals surface area contributed by atoms with Crippen molar-refractivity contribution in [3.8, 4) is 0 Å². The third-order valence-corrected chi connectivity index (χ3v) is 4.92. The summed E-state index contributed by atoms with van der Waals surface area (Å²) < 4.78 is 0. The molecule has 1 aromatic heterocycles. The van der Waals surface area contributed by atoms with Crippen molar-refractivity contribution in [1.82, 2.24) is 9.88 Å². The SMILES string of the molecule is C[C@@H]1C[C@H]2CN(C)C[C@H]2c2c1[nH]c1ccccc21. The molecule has 18 heavy (non-hydrogen) atoms. The first-order valence-corrected chi connectivity index (χ1v) is 7.03. The molecule has 0 radical (unpaired) electrons. The van der Waals surface area contributed by atoms with Gasteiger partial charge in [0.1, 0.15) is 0 Å². The Kier molecular flexibility index (Phi) is 2.13. The summed E-state index contributed by atoms with van der Waals surface area (Å²) in [7, 11) is 2.26. The third kappa shape index (κ3) is 1.33. The molecule has 4 rings (SSSR count). The topological polar surface area (TPSA) is 19.0 Å². The van der Waals surface area contributed by atoms with E-state index in [0.717, 1.165) is 11.8 Å². The number of benzene rings is 1. The Hall–Kier alpha value is -1.28. The molecule has 1 aliphatic carbocycles. The van der Waals surface area contributed by atoms with E-state index in [4.69, 9.17) is 0 Å². The van der Waals surface area contributed by atoms with Crippen molar-refractivity contribution in [2.75, 3.05) is 20.1 Å². The van der Waals surface area contributed by atoms with Gasteiger partial charge in [-0.2, -0.15) is 0 Å². The lowest BCUT2D eigenvalue weighted by Crippen LogP contribution is -2.20. The van der Waals surface area contributed by atoms with E-state index in [2.05, 4.69) is 48.1 Å². The van der Waals surface area contributed by atoms with Crippen LogP contribution in [0.1, 0.15) is 36.4 Å². The Morgan fingerprint density at radius 1 is 1.22 bits per heavy atom. The average molecular weight is 240 g/mol. The van der Waals surface area contributed by atoms with Crippen LogP contribution >= 0.6 is 0 Å². The fraction of sp³-hybridized carbons (Fsp3) is 0.500. The number of nitrogens with zero attached hydrogens (tertiary/aromatic N) is 1. The van der Waals surface area contributed by atoms with Gasteiger partial charge in [0, 0.05) is 35.6 Å². The lowest BCUT2D eigenvalue weighted by Gasteiger charge is -2.29. The first-order chi connectivity index (χ1) is 8.74. The van der Waals surface area contributed by atoms with Gasteiger partial charge >= 0.3 is 0 Å². The number of para-hydroxylation sites is 1. The van der Waals surface area contributed by atoms with Gasteiger partial charge in [0.25, 0.3) is 0 Å². The van der Waals surface area contributed by atoms with Crippen LogP contribution in [-0.2, 0) is 0 Å².